The number of ether oxygens (including phenoxy) is 2. The zero-order valence-electron chi connectivity index (χ0n) is 15.9. The number of nitrogens with one attached hydrogen (secondary N) is 1. The van der Waals surface area contributed by atoms with Crippen molar-refractivity contribution in [3.05, 3.63) is 38.0 Å². The first-order chi connectivity index (χ1) is 13.2. The highest BCUT2D eigenvalue weighted by Crippen LogP contribution is 2.43. The van der Waals surface area contributed by atoms with Crippen LogP contribution in [0.3, 0.4) is 0 Å². The van der Waals surface area contributed by atoms with Crippen LogP contribution in [0.4, 0.5) is 0 Å². The van der Waals surface area contributed by atoms with Crippen LogP contribution in [0.1, 0.15) is 38.0 Å². The van der Waals surface area contributed by atoms with Gasteiger partial charge in [0, 0.05) is 36.5 Å². The molecule has 0 aliphatic carbocycles. The average Bonchev–Trinajstić information content (AvgIpc) is 3.36. The van der Waals surface area contributed by atoms with Crippen molar-refractivity contribution in [3.8, 4) is 0 Å². The van der Waals surface area contributed by atoms with E-state index >= 15 is 0 Å². The maximum atomic E-state index is 13.3. The fraction of sp³-hybridized carbons (Fsp3) is 0.579. The number of methoxy groups -OCH3 is 1. The second-order valence-corrected chi connectivity index (χ2v) is 9.05. The standard InChI is InChI=1S/C19H25N3O3S2.ClH/c1-24-10-8-22(13-17-21-7-11-26-17)18(23)16-12-14-15(27-16)2-9-25-19(14)3-5-20-6-4-19;/h7,11-12,20H,2-6,8-10,13H2,1H3;1H. The number of fused-ring (bicyclic) bond motifs is 2. The van der Waals surface area contributed by atoms with Crippen molar-refractivity contribution in [2.75, 3.05) is 40.0 Å². The summed E-state index contributed by atoms with van der Waals surface area (Å²) in [5.74, 6) is 0.0609. The molecule has 6 nitrogen and oxygen atoms in total. The molecule has 9 heteroatoms. The lowest BCUT2D eigenvalue weighted by Gasteiger charge is -2.40. The fourth-order valence-electron chi connectivity index (χ4n) is 3.87. The number of carbonyl (C=O) groups excluding carboxylic acids is 1. The lowest BCUT2D eigenvalue weighted by Crippen LogP contribution is -2.44. The molecule has 1 N–H and O–H groups in total. The first-order valence-electron chi connectivity index (χ1n) is 9.36. The molecule has 2 aliphatic rings. The third-order valence-corrected chi connectivity index (χ3v) is 7.24. The maximum absolute atomic E-state index is 13.3. The highest BCUT2D eigenvalue weighted by Gasteiger charge is 2.41. The summed E-state index contributed by atoms with van der Waals surface area (Å²) in [5.41, 5.74) is 1.03. The molecular formula is C19H26ClN3O3S2. The van der Waals surface area contributed by atoms with Crippen LogP contribution in [-0.4, -0.2) is 55.7 Å². The molecule has 4 rings (SSSR count). The average molecular weight is 444 g/mol. The monoisotopic (exact) mass is 443 g/mol. The highest BCUT2D eigenvalue weighted by atomic mass is 35.5. The highest BCUT2D eigenvalue weighted by molar-refractivity contribution is 7.14. The zero-order chi connectivity index (χ0) is 18.7. The van der Waals surface area contributed by atoms with Crippen molar-refractivity contribution in [1.82, 2.24) is 15.2 Å². The van der Waals surface area contributed by atoms with E-state index in [0.29, 0.717) is 19.7 Å². The van der Waals surface area contributed by atoms with Crippen LogP contribution >= 0.6 is 35.1 Å². The smallest absolute Gasteiger partial charge is 0.264 e. The minimum atomic E-state index is -0.208. The molecule has 1 amide bonds. The predicted octanol–water partition coefficient (Wildman–Crippen LogP) is 3.07. The first-order valence-corrected chi connectivity index (χ1v) is 11.1. The van der Waals surface area contributed by atoms with E-state index < -0.39 is 0 Å². The molecule has 1 fully saturated rings. The Morgan fingerprint density at radius 3 is 2.96 bits per heavy atom. The summed E-state index contributed by atoms with van der Waals surface area (Å²) in [6, 6.07) is 2.09. The molecule has 2 aromatic rings. The topological polar surface area (TPSA) is 63.7 Å². The van der Waals surface area contributed by atoms with Gasteiger partial charge in [-0.3, -0.25) is 4.79 Å². The number of rotatable bonds is 6. The van der Waals surface area contributed by atoms with Gasteiger partial charge in [-0.05, 0) is 37.6 Å². The van der Waals surface area contributed by atoms with Crippen molar-refractivity contribution < 1.29 is 14.3 Å². The minimum Gasteiger partial charge on any atom is -0.383 e. The third-order valence-electron chi connectivity index (χ3n) is 5.29. The summed E-state index contributed by atoms with van der Waals surface area (Å²) >= 11 is 3.21. The van der Waals surface area contributed by atoms with Gasteiger partial charge in [0.2, 0.25) is 0 Å². The molecule has 28 heavy (non-hydrogen) atoms. The van der Waals surface area contributed by atoms with E-state index in [1.54, 1.807) is 36.0 Å². The predicted molar refractivity (Wildman–Crippen MR) is 114 cm³/mol. The van der Waals surface area contributed by atoms with E-state index in [1.807, 2.05) is 10.3 Å². The first kappa shape index (κ1) is 21.7. The largest absolute Gasteiger partial charge is 0.383 e. The number of carbonyl (C=O) groups is 1. The fourth-order valence-corrected chi connectivity index (χ4v) is 5.70. The lowest BCUT2D eigenvalue weighted by molar-refractivity contribution is -0.0792. The molecule has 0 atom stereocenters. The summed E-state index contributed by atoms with van der Waals surface area (Å²) in [7, 11) is 1.66. The van der Waals surface area contributed by atoms with Gasteiger partial charge in [0.1, 0.15) is 5.01 Å². The van der Waals surface area contributed by atoms with Gasteiger partial charge < -0.3 is 19.7 Å². The van der Waals surface area contributed by atoms with Gasteiger partial charge in [-0.2, -0.15) is 0 Å². The van der Waals surface area contributed by atoms with Gasteiger partial charge in [0.05, 0.1) is 30.2 Å². The Labute approximate surface area is 179 Å². The number of thiazole rings is 1. The number of nitrogens with zero attached hydrogens (tertiary/aromatic N) is 2. The van der Waals surface area contributed by atoms with Gasteiger partial charge in [0.15, 0.2) is 0 Å². The van der Waals surface area contributed by atoms with Gasteiger partial charge in [-0.1, -0.05) is 0 Å². The summed E-state index contributed by atoms with van der Waals surface area (Å²) < 4.78 is 11.5. The van der Waals surface area contributed by atoms with Crippen LogP contribution in [0.5, 0.6) is 0 Å². The normalized spacial score (nSPS) is 17.8. The number of halogens is 1. The van der Waals surface area contributed by atoms with E-state index in [4.69, 9.17) is 9.47 Å². The number of amides is 1. The van der Waals surface area contributed by atoms with Gasteiger partial charge in [0.25, 0.3) is 5.91 Å². The SMILES string of the molecule is COCCN(Cc1nccs1)C(=O)c1cc2c(s1)CCOC21CCNCC1.Cl. The lowest BCUT2D eigenvalue weighted by atomic mass is 9.83. The molecule has 0 saturated carbocycles. The minimum absolute atomic E-state index is 0. The van der Waals surface area contributed by atoms with Crippen LogP contribution in [0.2, 0.25) is 0 Å². The zero-order valence-corrected chi connectivity index (χ0v) is 18.4. The van der Waals surface area contributed by atoms with E-state index in [2.05, 4.69) is 16.4 Å². The van der Waals surface area contributed by atoms with Crippen molar-refractivity contribution >= 4 is 41.0 Å². The van der Waals surface area contributed by atoms with Crippen molar-refractivity contribution in [3.63, 3.8) is 0 Å². The molecule has 2 aliphatic heterocycles. The molecule has 154 valence electrons. The summed E-state index contributed by atoms with van der Waals surface area (Å²) in [6.07, 6.45) is 4.61. The van der Waals surface area contributed by atoms with Gasteiger partial charge in [-0.15, -0.1) is 35.1 Å². The van der Waals surface area contributed by atoms with Gasteiger partial charge >= 0.3 is 0 Å². The van der Waals surface area contributed by atoms with Crippen LogP contribution in [0, 0.1) is 0 Å². The molecule has 1 saturated heterocycles. The Morgan fingerprint density at radius 1 is 1.43 bits per heavy atom. The molecule has 0 unspecified atom stereocenters. The molecule has 4 heterocycles. The van der Waals surface area contributed by atoms with Crippen LogP contribution < -0.4 is 5.32 Å². The number of piperidine rings is 1. The van der Waals surface area contributed by atoms with E-state index in [0.717, 1.165) is 48.8 Å². The van der Waals surface area contributed by atoms with Crippen molar-refractivity contribution in [2.24, 2.45) is 0 Å². The van der Waals surface area contributed by atoms with Crippen LogP contribution in [0.25, 0.3) is 0 Å². The second-order valence-electron chi connectivity index (χ2n) is 6.94. The maximum Gasteiger partial charge on any atom is 0.264 e. The van der Waals surface area contributed by atoms with E-state index in [1.165, 1.54) is 10.4 Å². The van der Waals surface area contributed by atoms with Crippen LogP contribution in [-0.2, 0) is 28.0 Å². The molecule has 0 aromatic carbocycles. The number of aromatic nitrogens is 1. The van der Waals surface area contributed by atoms with Crippen molar-refractivity contribution in [1.29, 1.82) is 0 Å². The summed E-state index contributed by atoms with van der Waals surface area (Å²) in [6.45, 7) is 4.26. The van der Waals surface area contributed by atoms with E-state index in [-0.39, 0.29) is 23.9 Å². The Kier molecular flexibility index (Phi) is 7.47. The van der Waals surface area contributed by atoms with Crippen molar-refractivity contribution in [2.45, 2.75) is 31.4 Å². The molecular weight excluding hydrogens is 418 g/mol. The quantitative estimate of drug-likeness (QED) is 0.743. The second kappa shape index (κ2) is 9.65. The molecule has 2 aromatic heterocycles. The molecule has 0 bridgehead atoms. The van der Waals surface area contributed by atoms with Crippen LogP contribution in [0.15, 0.2) is 17.6 Å². The third kappa shape index (κ3) is 4.42. The molecule has 1 spiro atoms. The summed E-state index contributed by atoms with van der Waals surface area (Å²) in [4.78, 5) is 21.6. The number of hydrogen-bond acceptors (Lipinski definition) is 7. The Hall–Kier alpha value is -1.03. The number of hydrogen-bond donors (Lipinski definition) is 1. The Bertz CT molecular complexity index is 775. The van der Waals surface area contributed by atoms with Gasteiger partial charge in [-0.25, -0.2) is 4.98 Å². The Balaban J connectivity index is 0.00000225. The number of thiophene rings is 1. The molecule has 0 radical (unpaired) electrons. The van der Waals surface area contributed by atoms with E-state index in [9.17, 15) is 4.79 Å². The summed E-state index contributed by atoms with van der Waals surface area (Å²) in [5, 5.41) is 6.30. The Morgan fingerprint density at radius 2 is 2.25 bits per heavy atom.